The molecule has 1 unspecified atom stereocenters. The molecule has 0 spiro atoms. The summed E-state index contributed by atoms with van der Waals surface area (Å²) >= 11 is 0. The fourth-order valence-electron chi connectivity index (χ4n) is 2.99. The molecule has 2 aromatic rings. The number of alkyl halides is 2. The van der Waals surface area contributed by atoms with Crippen LogP contribution in [-0.4, -0.2) is 48.3 Å². The number of para-hydroxylation sites is 1. The van der Waals surface area contributed by atoms with Crippen molar-refractivity contribution in [3.05, 3.63) is 63.4 Å². The minimum atomic E-state index is -3.29. The average molecular weight is 517 g/mol. The van der Waals surface area contributed by atoms with E-state index in [2.05, 4.69) is 9.82 Å². The van der Waals surface area contributed by atoms with Crippen molar-refractivity contribution in [2.24, 2.45) is 5.92 Å². The van der Waals surface area contributed by atoms with Gasteiger partial charge in [-0.25, -0.2) is 18.7 Å². The lowest BCUT2D eigenvalue weighted by Crippen LogP contribution is -2.37. The molecule has 35 heavy (non-hydrogen) atoms. The van der Waals surface area contributed by atoms with E-state index in [1.54, 1.807) is 31.3 Å². The normalized spacial score (nSPS) is 19.5. The number of ether oxygens (including phenoxy) is 2. The summed E-state index contributed by atoms with van der Waals surface area (Å²) in [5.41, 5.74) is -1.63. The number of nitrogens with one attached hydrogen (secondary N) is 2. The Morgan fingerprint density at radius 3 is 2.51 bits per heavy atom. The van der Waals surface area contributed by atoms with Crippen LogP contribution in [0.3, 0.4) is 0 Å². The number of aromatic amines is 1. The molecular formula is C22H30F2N3O7P. The second-order valence-corrected chi connectivity index (χ2v) is 9.35. The fraction of sp³-hybridized carbons (Fsp3) is 0.500. The number of benzene rings is 1. The number of aromatic nitrogens is 2. The molecule has 0 amide bonds. The summed E-state index contributed by atoms with van der Waals surface area (Å²) in [7, 11) is 1.48. The van der Waals surface area contributed by atoms with Crippen molar-refractivity contribution >= 4 is 14.5 Å². The van der Waals surface area contributed by atoms with E-state index in [-0.39, 0.29) is 12.6 Å². The molecule has 1 aromatic heterocycles. The number of carbonyl (C=O) groups excluding carboxylic acids is 1. The van der Waals surface area contributed by atoms with Gasteiger partial charge < -0.3 is 18.5 Å². The summed E-state index contributed by atoms with van der Waals surface area (Å²) < 4.78 is 50.2. The molecule has 1 fully saturated rings. The van der Waals surface area contributed by atoms with E-state index in [4.69, 9.17) is 13.8 Å². The van der Waals surface area contributed by atoms with E-state index in [9.17, 15) is 23.2 Å². The third-order valence-electron chi connectivity index (χ3n) is 4.58. The predicted octanol–water partition coefficient (Wildman–Crippen LogP) is 3.21. The van der Waals surface area contributed by atoms with E-state index < -0.39 is 44.5 Å². The van der Waals surface area contributed by atoms with E-state index in [1.807, 2.05) is 24.9 Å². The zero-order chi connectivity index (χ0) is 26.0. The number of methoxy groups -OCH3 is 1. The predicted molar refractivity (Wildman–Crippen MR) is 125 cm³/mol. The lowest BCUT2D eigenvalue weighted by molar-refractivity contribution is -0.141. The summed E-state index contributed by atoms with van der Waals surface area (Å²) in [5.74, 6) is -2.44. The van der Waals surface area contributed by atoms with Gasteiger partial charge in [0.25, 0.3) is 11.5 Å². The van der Waals surface area contributed by atoms with Crippen LogP contribution in [0.4, 0.5) is 8.78 Å². The topological polar surface area (TPSA) is 121 Å². The Morgan fingerprint density at radius 2 is 1.97 bits per heavy atom. The maximum atomic E-state index is 14.3. The molecule has 1 saturated heterocycles. The zero-order valence-electron chi connectivity index (χ0n) is 19.9. The van der Waals surface area contributed by atoms with Crippen LogP contribution < -0.4 is 20.9 Å². The number of esters is 1. The molecule has 194 valence electrons. The summed E-state index contributed by atoms with van der Waals surface area (Å²) in [6.07, 6.45) is -1.87. The van der Waals surface area contributed by atoms with Gasteiger partial charge in [-0.15, -0.1) is 0 Å². The van der Waals surface area contributed by atoms with Gasteiger partial charge in [-0.2, -0.15) is 0 Å². The summed E-state index contributed by atoms with van der Waals surface area (Å²) in [4.78, 5) is 35.2. The van der Waals surface area contributed by atoms with Gasteiger partial charge in [0.2, 0.25) is 6.23 Å². The van der Waals surface area contributed by atoms with Gasteiger partial charge in [-0.1, -0.05) is 32.0 Å². The number of rotatable bonds is 9. The Hall–Kier alpha value is -2.66. The number of H-pyrrole nitrogens is 1. The van der Waals surface area contributed by atoms with E-state index in [0.717, 1.165) is 12.3 Å². The van der Waals surface area contributed by atoms with Crippen LogP contribution in [0, 0.1) is 5.92 Å². The van der Waals surface area contributed by atoms with Gasteiger partial charge in [0.05, 0.1) is 19.8 Å². The quantitative estimate of drug-likeness (QED) is 0.384. The summed E-state index contributed by atoms with van der Waals surface area (Å²) in [5, 5.41) is 2.84. The van der Waals surface area contributed by atoms with Crippen molar-refractivity contribution in [1.29, 1.82) is 0 Å². The molecular weight excluding hydrogens is 487 g/mol. The highest BCUT2D eigenvalue weighted by Gasteiger charge is 2.52. The molecule has 0 bridgehead atoms. The molecule has 0 aliphatic carbocycles. The standard InChI is InChI=1S/C16H18F2N3O5P.C6H12O2/c1-19-27(26-11-5-3-2-4-6-11)24-10-12-9-16(17,18)14(25-12)21-8-7-13(22)20-15(21)23;1-5(2)4-6(7)8-3/h2-8,12,14,19H,9-10H2,1H3,(H,20,22,23);5H,4H2,1-3H3/t12-,14+,27?;/m0./s1. The molecule has 1 aromatic carbocycles. The van der Waals surface area contributed by atoms with Crippen LogP contribution in [0.2, 0.25) is 0 Å². The number of carbonyl (C=O) groups is 1. The third kappa shape index (κ3) is 9.14. The Kier molecular flexibility index (Phi) is 11.0. The Bertz CT molecular complexity index is 1050. The highest BCUT2D eigenvalue weighted by Crippen LogP contribution is 2.43. The first kappa shape index (κ1) is 28.6. The van der Waals surface area contributed by atoms with Gasteiger partial charge in [0.1, 0.15) is 5.75 Å². The molecule has 0 saturated carbocycles. The van der Waals surface area contributed by atoms with Crippen LogP contribution in [0.25, 0.3) is 0 Å². The first-order valence-electron chi connectivity index (χ1n) is 10.8. The van der Waals surface area contributed by atoms with Gasteiger partial charge in [-0.3, -0.25) is 19.1 Å². The van der Waals surface area contributed by atoms with Crippen molar-refractivity contribution in [3.8, 4) is 5.75 Å². The molecule has 3 atom stereocenters. The highest BCUT2D eigenvalue weighted by molar-refractivity contribution is 7.45. The number of halogens is 2. The molecule has 13 heteroatoms. The minimum absolute atomic E-state index is 0.125. The second kappa shape index (κ2) is 13.4. The van der Waals surface area contributed by atoms with Crippen molar-refractivity contribution in [2.75, 3.05) is 20.8 Å². The van der Waals surface area contributed by atoms with Crippen LogP contribution in [0.15, 0.2) is 52.2 Å². The monoisotopic (exact) mass is 517 g/mol. The molecule has 10 nitrogen and oxygen atoms in total. The molecule has 3 rings (SSSR count). The maximum absolute atomic E-state index is 14.3. The zero-order valence-corrected chi connectivity index (χ0v) is 20.8. The number of nitrogens with zero attached hydrogens (tertiary/aromatic N) is 1. The largest absolute Gasteiger partial charge is 0.469 e. The second-order valence-electron chi connectivity index (χ2n) is 7.95. The number of hydrogen-bond acceptors (Lipinski definition) is 8. The van der Waals surface area contributed by atoms with E-state index in [1.165, 1.54) is 7.11 Å². The van der Waals surface area contributed by atoms with Crippen molar-refractivity contribution in [3.63, 3.8) is 0 Å². The SMILES string of the molecule is CNP(OC[C@@H]1CC(F)(F)[C@H](n2ccc(=O)[nH]c2=O)O1)Oc1ccccc1.COC(=O)CC(C)C. The van der Waals surface area contributed by atoms with Crippen molar-refractivity contribution in [1.82, 2.24) is 14.6 Å². The Balaban J connectivity index is 0.000000466. The molecule has 1 aliphatic heterocycles. The molecule has 1 aliphatic rings. The lowest BCUT2D eigenvalue weighted by Gasteiger charge is -2.20. The molecule has 2 heterocycles. The third-order valence-corrected chi connectivity index (χ3v) is 5.71. The lowest BCUT2D eigenvalue weighted by atomic mass is 10.1. The minimum Gasteiger partial charge on any atom is -0.469 e. The van der Waals surface area contributed by atoms with Gasteiger partial charge in [0.15, 0.2) is 0 Å². The Labute approximate surface area is 202 Å². The van der Waals surface area contributed by atoms with Crippen LogP contribution in [0.5, 0.6) is 5.75 Å². The molecule has 0 radical (unpaired) electrons. The first-order valence-corrected chi connectivity index (χ1v) is 12.0. The maximum Gasteiger partial charge on any atom is 0.330 e. The fourth-order valence-corrected chi connectivity index (χ4v) is 3.88. The Morgan fingerprint density at radius 1 is 1.29 bits per heavy atom. The first-order chi connectivity index (χ1) is 16.6. The van der Waals surface area contributed by atoms with Gasteiger partial charge in [-0.05, 0) is 25.1 Å². The summed E-state index contributed by atoms with van der Waals surface area (Å²) in [6, 6.07) is 9.91. The van der Waals surface area contributed by atoms with Gasteiger partial charge >= 0.3 is 20.2 Å². The highest BCUT2D eigenvalue weighted by atomic mass is 31.2. The van der Waals surface area contributed by atoms with E-state index in [0.29, 0.717) is 22.7 Å². The van der Waals surface area contributed by atoms with Crippen LogP contribution in [-0.2, 0) is 18.8 Å². The van der Waals surface area contributed by atoms with E-state index >= 15 is 0 Å². The smallest absolute Gasteiger partial charge is 0.330 e. The van der Waals surface area contributed by atoms with Crippen molar-refractivity contribution in [2.45, 2.75) is 44.9 Å². The van der Waals surface area contributed by atoms with Crippen molar-refractivity contribution < 1.29 is 32.1 Å². The average Bonchev–Trinajstić information content (AvgIpc) is 3.11. The van der Waals surface area contributed by atoms with Gasteiger partial charge in [0, 0.05) is 25.1 Å². The van der Waals surface area contributed by atoms with Crippen LogP contribution >= 0.6 is 8.53 Å². The molecule has 2 N–H and O–H groups in total. The number of hydrogen-bond donors (Lipinski definition) is 2. The summed E-state index contributed by atoms with van der Waals surface area (Å²) in [6.45, 7) is 3.82. The van der Waals surface area contributed by atoms with Crippen LogP contribution in [0.1, 0.15) is 32.9 Å².